The summed E-state index contributed by atoms with van der Waals surface area (Å²) in [7, 11) is 0. The summed E-state index contributed by atoms with van der Waals surface area (Å²) in [6, 6.07) is 19.7. The fourth-order valence-corrected chi connectivity index (χ4v) is 3.49. The SMILES string of the molecule is O=C(O)CCC(Cc1ccccc1)NC(=O)N1CCN(c2ccccc2)CC1. The fraction of sp³-hybridized carbons (Fsp3) is 0.364. The first-order valence-corrected chi connectivity index (χ1v) is 9.73. The fourth-order valence-electron chi connectivity index (χ4n) is 3.49. The van der Waals surface area contributed by atoms with E-state index in [0.717, 1.165) is 18.7 Å². The number of nitrogens with zero attached hydrogens (tertiary/aromatic N) is 2. The first-order valence-electron chi connectivity index (χ1n) is 9.73. The zero-order valence-corrected chi connectivity index (χ0v) is 16.0. The van der Waals surface area contributed by atoms with Crippen LogP contribution in [-0.2, 0) is 11.2 Å². The van der Waals surface area contributed by atoms with Crippen molar-refractivity contribution >= 4 is 17.7 Å². The van der Waals surface area contributed by atoms with E-state index in [-0.39, 0.29) is 18.5 Å². The molecule has 6 heteroatoms. The Labute approximate surface area is 165 Å². The Balaban J connectivity index is 1.55. The second-order valence-electron chi connectivity index (χ2n) is 7.08. The van der Waals surface area contributed by atoms with Crippen molar-refractivity contribution in [2.45, 2.75) is 25.3 Å². The lowest BCUT2D eigenvalue weighted by Gasteiger charge is -2.36. The van der Waals surface area contributed by atoms with Gasteiger partial charge in [0, 0.05) is 44.3 Å². The van der Waals surface area contributed by atoms with Gasteiger partial charge in [0.25, 0.3) is 0 Å². The molecular weight excluding hydrogens is 354 g/mol. The van der Waals surface area contributed by atoms with E-state index in [0.29, 0.717) is 25.9 Å². The summed E-state index contributed by atoms with van der Waals surface area (Å²) in [6.07, 6.45) is 1.09. The average Bonchev–Trinajstić information content (AvgIpc) is 2.73. The molecule has 2 N–H and O–H groups in total. The van der Waals surface area contributed by atoms with Crippen LogP contribution >= 0.6 is 0 Å². The van der Waals surface area contributed by atoms with E-state index < -0.39 is 5.97 Å². The number of nitrogens with one attached hydrogen (secondary N) is 1. The Bertz CT molecular complexity index is 759. The van der Waals surface area contributed by atoms with Crippen molar-refractivity contribution < 1.29 is 14.7 Å². The third kappa shape index (κ3) is 5.74. The summed E-state index contributed by atoms with van der Waals surface area (Å²) in [5.41, 5.74) is 2.26. The van der Waals surface area contributed by atoms with Crippen LogP contribution in [-0.4, -0.2) is 54.2 Å². The Hall–Kier alpha value is -3.02. The average molecular weight is 381 g/mol. The maximum Gasteiger partial charge on any atom is 0.317 e. The number of piperazine rings is 1. The number of rotatable bonds is 7. The van der Waals surface area contributed by atoms with E-state index >= 15 is 0 Å². The molecule has 2 amide bonds. The topological polar surface area (TPSA) is 72.9 Å². The summed E-state index contributed by atoms with van der Waals surface area (Å²) in [5, 5.41) is 12.1. The van der Waals surface area contributed by atoms with E-state index in [9.17, 15) is 9.59 Å². The lowest BCUT2D eigenvalue weighted by molar-refractivity contribution is -0.137. The van der Waals surface area contributed by atoms with Crippen molar-refractivity contribution in [1.29, 1.82) is 0 Å². The summed E-state index contributed by atoms with van der Waals surface area (Å²) >= 11 is 0. The number of para-hydroxylation sites is 1. The number of carboxylic acid groups (broad SMARTS) is 1. The molecule has 0 spiro atoms. The van der Waals surface area contributed by atoms with Gasteiger partial charge in [-0.2, -0.15) is 0 Å². The molecule has 1 unspecified atom stereocenters. The van der Waals surface area contributed by atoms with Crippen molar-refractivity contribution in [2.24, 2.45) is 0 Å². The van der Waals surface area contributed by atoms with Gasteiger partial charge in [-0.25, -0.2) is 4.79 Å². The number of hydrogen-bond donors (Lipinski definition) is 2. The second-order valence-corrected chi connectivity index (χ2v) is 7.08. The number of carbonyl (C=O) groups excluding carboxylic acids is 1. The molecule has 1 heterocycles. The minimum atomic E-state index is -0.844. The van der Waals surface area contributed by atoms with Gasteiger partial charge in [-0.1, -0.05) is 48.5 Å². The molecule has 148 valence electrons. The molecule has 0 aliphatic carbocycles. The van der Waals surface area contributed by atoms with Gasteiger partial charge in [0.2, 0.25) is 0 Å². The largest absolute Gasteiger partial charge is 0.481 e. The van der Waals surface area contributed by atoms with Gasteiger partial charge in [0.05, 0.1) is 0 Å². The van der Waals surface area contributed by atoms with Crippen LogP contribution in [0.1, 0.15) is 18.4 Å². The van der Waals surface area contributed by atoms with E-state index in [2.05, 4.69) is 22.3 Å². The zero-order chi connectivity index (χ0) is 19.8. The number of anilines is 1. The number of urea groups is 1. The van der Waals surface area contributed by atoms with Crippen molar-refractivity contribution in [3.8, 4) is 0 Å². The summed E-state index contributed by atoms with van der Waals surface area (Å²) in [6.45, 7) is 2.88. The highest BCUT2D eigenvalue weighted by Crippen LogP contribution is 2.16. The molecule has 1 atom stereocenters. The first-order chi connectivity index (χ1) is 13.6. The maximum atomic E-state index is 12.7. The van der Waals surface area contributed by atoms with Crippen LogP contribution < -0.4 is 10.2 Å². The maximum absolute atomic E-state index is 12.7. The molecule has 1 saturated heterocycles. The Morgan fingerprint density at radius 1 is 0.929 bits per heavy atom. The molecule has 28 heavy (non-hydrogen) atoms. The molecule has 0 saturated carbocycles. The van der Waals surface area contributed by atoms with Crippen LogP contribution in [0.15, 0.2) is 60.7 Å². The van der Waals surface area contributed by atoms with Crippen molar-refractivity contribution in [2.75, 3.05) is 31.1 Å². The van der Waals surface area contributed by atoms with E-state index in [1.54, 1.807) is 0 Å². The molecule has 1 aliphatic heterocycles. The van der Waals surface area contributed by atoms with Crippen LogP contribution in [0.2, 0.25) is 0 Å². The third-order valence-corrected chi connectivity index (χ3v) is 5.05. The Kier molecular flexibility index (Phi) is 6.89. The van der Waals surface area contributed by atoms with Gasteiger partial charge in [0.15, 0.2) is 0 Å². The summed E-state index contributed by atoms with van der Waals surface area (Å²) in [4.78, 5) is 27.8. The van der Waals surface area contributed by atoms with Crippen LogP contribution in [0.4, 0.5) is 10.5 Å². The molecule has 1 aliphatic rings. The molecule has 3 rings (SSSR count). The lowest BCUT2D eigenvalue weighted by atomic mass is 10.0. The van der Waals surface area contributed by atoms with Gasteiger partial charge in [-0.05, 0) is 30.5 Å². The van der Waals surface area contributed by atoms with E-state index in [4.69, 9.17) is 5.11 Å². The molecule has 0 aromatic heterocycles. The molecule has 2 aromatic rings. The van der Waals surface area contributed by atoms with Gasteiger partial charge < -0.3 is 20.2 Å². The number of aliphatic carboxylic acids is 1. The quantitative estimate of drug-likeness (QED) is 0.773. The predicted octanol–water partition coefficient (Wildman–Crippen LogP) is 2.99. The number of benzene rings is 2. The normalized spacial score (nSPS) is 15.1. The van der Waals surface area contributed by atoms with Crippen LogP contribution in [0.5, 0.6) is 0 Å². The predicted molar refractivity (Wildman–Crippen MR) is 110 cm³/mol. The number of hydrogen-bond acceptors (Lipinski definition) is 3. The van der Waals surface area contributed by atoms with Gasteiger partial charge in [-0.15, -0.1) is 0 Å². The summed E-state index contributed by atoms with van der Waals surface area (Å²) < 4.78 is 0. The van der Waals surface area contributed by atoms with Crippen molar-refractivity contribution in [3.05, 3.63) is 66.2 Å². The zero-order valence-electron chi connectivity index (χ0n) is 16.0. The van der Waals surface area contributed by atoms with E-state index in [1.165, 1.54) is 5.69 Å². The van der Waals surface area contributed by atoms with Crippen molar-refractivity contribution in [1.82, 2.24) is 10.2 Å². The molecule has 2 aromatic carbocycles. The van der Waals surface area contributed by atoms with Gasteiger partial charge >= 0.3 is 12.0 Å². The second kappa shape index (κ2) is 9.78. The lowest BCUT2D eigenvalue weighted by Crippen LogP contribution is -2.53. The minimum Gasteiger partial charge on any atom is -0.481 e. The smallest absolute Gasteiger partial charge is 0.317 e. The van der Waals surface area contributed by atoms with E-state index in [1.807, 2.05) is 53.4 Å². The number of amides is 2. The van der Waals surface area contributed by atoms with Gasteiger partial charge in [-0.3, -0.25) is 4.79 Å². The number of carboxylic acids is 1. The summed E-state index contributed by atoms with van der Waals surface area (Å²) in [5.74, 6) is -0.844. The van der Waals surface area contributed by atoms with Crippen LogP contribution in [0.25, 0.3) is 0 Å². The first kappa shape index (κ1) is 19.7. The monoisotopic (exact) mass is 381 g/mol. The molecule has 0 radical (unpaired) electrons. The van der Waals surface area contributed by atoms with Crippen LogP contribution in [0.3, 0.4) is 0 Å². The molecule has 6 nitrogen and oxygen atoms in total. The Morgan fingerprint density at radius 2 is 1.54 bits per heavy atom. The van der Waals surface area contributed by atoms with Gasteiger partial charge in [0.1, 0.15) is 0 Å². The molecule has 0 bridgehead atoms. The number of carbonyl (C=O) groups is 2. The highest BCUT2D eigenvalue weighted by atomic mass is 16.4. The van der Waals surface area contributed by atoms with Crippen LogP contribution in [0, 0.1) is 0 Å². The molecular formula is C22H27N3O3. The highest BCUT2D eigenvalue weighted by molar-refractivity contribution is 5.75. The Morgan fingerprint density at radius 3 is 2.14 bits per heavy atom. The molecule has 1 fully saturated rings. The third-order valence-electron chi connectivity index (χ3n) is 5.05. The van der Waals surface area contributed by atoms with Crippen molar-refractivity contribution in [3.63, 3.8) is 0 Å². The highest BCUT2D eigenvalue weighted by Gasteiger charge is 2.23. The standard InChI is InChI=1S/C22H27N3O3/c26-21(27)12-11-19(17-18-7-3-1-4-8-18)23-22(28)25-15-13-24(14-16-25)20-9-5-2-6-10-20/h1-10,19H,11-17H2,(H,23,28)(H,26,27). The minimum absolute atomic E-state index is 0.0412.